The second-order valence-electron chi connectivity index (χ2n) is 5.52. The van der Waals surface area contributed by atoms with Gasteiger partial charge in [-0.25, -0.2) is 4.79 Å². The Bertz CT molecular complexity index is 639. The normalized spacial score (nSPS) is 10.2. The van der Waals surface area contributed by atoms with Crippen molar-refractivity contribution in [2.24, 2.45) is 0 Å². The van der Waals surface area contributed by atoms with Gasteiger partial charge in [-0.05, 0) is 28.8 Å². The molecule has 0 saturated heterocycles. The molecule has 0 aliphatic rings. The first-order valence-electron chi connectivity index (χ1n) is 7.55. The molecule has 0 aromatic heterocycles. The van der Waals surface area contributed by atoms with E-state index in [4.69, 9.17) is 0 Å². The van der Waals surface area contributed by atoms with Crippen LogP contribution in [-0.4, -0.2) is 25.2 Å². The fourth-order valence-electron chi connectivity index (χ4n) is 2.22. The molecule has 0 atom stereocenters. The summed E-state index contributed by atoms with van der Waals surface area (Å²) in [4.78, 5) is 13.9. The van der Waals surface area contributed by atoms with Gasteiger partial charge in [0.1, 0.15) is 0 Å². The van der Waals surface area contributed by atoms with E-state index in [1.807, 2.05) is 67.5 Å². The van der Waals surface area contributed by atoms with Crippen LogP contribution in [0.15, 0.2) is 48.5 Å². The van der Waals surface area contributed by atoms with Gasteiger partial charge >= 0.3 is 6.03 Å². The number of rotatable bonds is 6. The van der Waals surface area contributed by atoms with E-state index in [0.29, 0.717) is 13.1 Å². The van der Waals surface area contributed by atoms with Crippen LogP contribution in [0.3, 0.4) is 0 Å². The summed E-state index contributed by atoms with van der Waals surface area (Å²) in [6.45, 7) is 0.834. The van der Waals surface area contributed by atoms with Crippen molar-refractivity contribution < 1.29 is 9.90 Å². The lowest BCUT2D eigenvalue weighted by molar-refractivity contribution is 0.240. The molecule has 0 fully saturated rings. The highest BCUT2D eigenvalue weighted by molar-refractivity contribution is 5.73. The number of hydrogen-bond donors (Lipinski definition) is 3. The zero-order chi connectivity index (χ0) is 16.7. The lowest BCUT2D eigenvalue weighted by atomic mass is 10.1. The molecule has 2 aromatic carbocycles. The average Bonchev–Trinajstić information content (AvgIpc) is 2.58. The number of hydrogen-bond acceptors (Lipinski definition) is 3. The molecule has 0 bridgehead atoms. The molecular formula is C18H23N3O2. The molecule has 0 aliphatic heterocycles. The molecule has 122 valence electrons. The van der Waals surface area contributed by atoms with E-state index in [9.17, 15) is 9.90 Å². The van der Waals surface area contributed by atoms with Crippen LogP contribution in [0.25, 0.3) is 0 Å². The van der Waals surface area contributed by atoms with E-state index in [1.165, 1.54) is 0 Å². The van der Waals surface area contributed by atoms with Crippen LogP contribution in [0.2, 0.25) is 0 Å². The number of benzene rings is 2. The molecule has 2 rings (SSSR count). The van der Waals surface area contributed by atoms with E-state index in [2.05, 4.69) is 10.6 Å². The summed E-state index contributed by atoms with van der Waals surface area (Å²) in [6.07, 6.45) is 0. The number of amides is 2. The molecular weight excluding hydrogens is 290 g/mol. The summed E-state index contributed by atoms with van der Waals surface area (Å²) < 4.78 is 0. The van der Waals surface area contributed by atoms with E-state index in [0.717, 1.165) is 22.4 Å². The Morgan fingerprint density at radius 2 is 1.57 bits per heavy atom. The molecule has 0 spiro atoms. The molecule has 0 saturated carbocycles. The van der Waals surface area contributed by atoms with Gasteiger partial charge in [0.25, 0.3) is 0 Å². The number of nitrogens with zero attached hydrogens (tertiary/aromatic N) is 1. The van der Waals surface area contributed by atoms with Crippen LogP contribution in [0, 0.1) is 0 Å². The topological polar surface area (TPSA) is 64.6 Å². The third-order valence-electron chi connectivity index (χ3n) is 3.63. The standard InChI is InChI=1S/C18H23N3O2/c1-21(2)17-9-7-14(8-10-17)11-19-18(23)20-12-15-5-3-4-6-16(15)13-22/h3-10,22H,11-13H2,1-2H3,(H2,19,20,23). The molecule has 23 heavy (non-hydrogen) atoms. The molecule has 3 N–H and O–H groups in total. The third-order valence-corrected chi connectivity index (χ3v) is 3.63. The number of carbonyl (C=O) groups excluding carboxylic acids is 1. The second-order valence-corrected chi connectivity index (χ2v) is 5.52. The van der Waals surface area contributed by atoms with Crippen molar-refractivity contribution in [1.29, 1.82) is 0 Å². The Balaban J connectivity index is 1.81. The zero-order valence-electron chi connectivity index (χ0n) is 13.5. The Morgan fingerprint density at radius 1 is 0.957 bits per heavy atom. The van der Waals surface area contributed by atoms with Crippen molar-refractivity contribution in [2.75, 3.05) is 19.0 Å². The smallest absolute Gasteiger partial charge is 0.315 e. The van der Waals surface area contributed by atoms with Crippen LogP contribution >= 0.6 is 0 Å². The second kappa shape index (κ2) is 8.19. The van der Waals surface area contributed by atoms with Crippen LogP contribution in [0.4, 0.5) is 10.5 Å². The van der Waals surface area contributed by atoms with Gasteiger partial charge in [0.05, 0.1) is 6.61 Å². The van der Waals surface area contributed by atoms with Crippen molar-refractivity contribution >= 4 is 11.7 Å². The van der Waals surface area contributed by atoms with Crippen LogP contribution in [0.1, 0.15) is 16.7 Å². The maximum absolute atomic E-state index is 11.9. The first-order chi connectivity index (χ1) is 11.1. The summed E-state index contributed by atoms with van der Waals surface area (Å²) in [5.41, 5.74) is 3.91. The predicted molar refractivity (Wildman–Crippen MR) is 92.2 cm³/mol. The highest BCUT2D eigenvalue weighted by Crippen LogP contribution is 2.12. The van der Waals surface area contributed by atoms with Crippen molar-refractivity contribution in [2.45, 2.75) is 19.7 Å². The minimum Gasteiger partial charge on any atom is -0.392 e. The summed E-state index contributed by atoms with van der Waals surface area (Å²) in [6, 6.07) is 15.3. The Labute approximate surface area is 136 Å². The van der Waals surface area contributed by atoms with Gasteiger partial charge in [-0.15, -0.1) is 0 Å². The fourth-order valence-corrected chi connectivity index (χ4v) is 2.22. The first-order valence-corrected chi connectivity index (χ1v) is 7.55. The van der Waals surface area contributed by atoms with Gasteiger partial charge in [0, 0.05) is 32.9 Å². The molecule has 5 nitrogen and oxygen atoms in total. The molecule has 0 radical (unpaired) electrons. The monoisotopic (exact) mass is 313 g/mol. The number of urea groups is 1. The van der Waals surface area contributed by atoms with Crippen LogP contribution in [0.5, 0.6) is 0 Å². The molecule has 2 aromatic rings. The van der Waals surface area contributed by atoms with Crippen LogP contribution < -0.4 is 15.5 Å². The largest absolute Gasteiger partial charge is 0.392 e. The van der Waals surface area contributed by atoms with Crippen molar-refractivity contribution in [1.82, 2.24) is 10.6 Å². The van der Waals surface area contributed by atoms with Gasteiger partial charge in [-0.3, -0.25) is 0 Å². The lowest BCUT2D eigenvalue weighted by Gasteiger charge is -2.13. The Kier molecular flexibility index (Phi) is 6.00. The van der Waals surface area contributed by atoms with Gasteiger partial charge in [-0.1, -0.05) is 36.4 Å². The Morgan fingerprint density at radius 3 is 2.17 bits per heavy atom. The van der Waals surface area contributed by atoms with Gasteiger partial charge < -0.3 is 20.6 Å². The fraction of sp³-hybridized carbons (Fsp3) is 0.278. The number of nitrogens with one attached hydrogen (secondary N) is 2. The molecule has 2 amide bonds. The highest BCUT2D eigenvalue weighted by Gasteiger charge is 2.04. The van der Waals surface area contributed by atoms with Gasteiger partial charge in [0.15, 0.2) is 0 Å². The molecule has 0 aliphatic carbocycles. The van der Waals surface area contributed by atoms with Crippen molar-refractivity contribution in [3.8, 4) is 0 Å². The molecule has 0 unspecified atom stereocenters. The Hall–Kier alpha value is -2.53. The summed E-state index contributed by atoms with van der Waals surface area (Å²) in [5, 5.41) is 14.9. The number of aliphatic hydroxyl groups excluding tert-OH is 1. The van der Waals surface area contributed by atoms with E-state index in [-0.39, 0.29) is 12.6 Å². The van der Waals surface area contributed by atoms with Crippen LogP contribution in [-0.2, 0) is 19.7 Å². The minimum absolute atomic E-state index is 0.0301. The van der Waals surface area contributed by atoms with Gasteiger partial charge in [-0.2, -0.15) is 0 Å². The number of carbonyl (C=O) groups is 1. The lowest BCUT2D eigenvalue weighted by Crippen LogP contribution is -2.34. The average molecular weight is 313 g/mol. The van der Waals surface area contributed by atoms with Crippen molar-refractivity contribution in [3.63, 3.8) is 0 Å². The van der Waals surface area contributed by atoms with E-state index < -0.39 is 0 Å². The highest BCUT2D eigenvalue weighted by atomic mass is 16.3. The number of aliphatic hydroxyl groups is 1. The summed E-state index contributed by atoms with van der Waals surface area (Å²) >= 11 is 0. The molecule has 5 heteroatoms. The van der Waals surface area contributed by atoms with E-state index in [1.54, 1.807) is 0 Å². The molecule has 0 heterocycles. The maximum Gasteiger partial charge on any atom is 0.315 e. The maximum atomic E-state index is 11.9. The quantitative estimate of drug-likeness (QED) is 0.766. The predicted octanol–water partition coefficient (Wildman–Crippen LogP) is 2.24. The summed E-state index contributed by atoms with van der Waals surface area (Å²) in [7, 11) is 3.98. The first kappa shape index (κ1) is 16.8. The van der Waals surface area contributed by atoms with Gasteiger partial charge in [0.2, 0.25) is 0 Å². The zero-order valence-corrected chi connectivity index (χ0v) is 13.5. The third kappa shape index (κ3) is 5.00. The van der Waals surface area contributed by atoms with E-state index >= 15 is 0 Å². The number of anilines is 1. The minimum atomic E-state index is -0.227. The SMILES string of the molecule is CN(C)c1ccc(CNC(=O)NCc2ccccc2CO)cc1. The van der Waals surface area contributed by atoms with Crippen molar-refractivity contribution in [3.05, 3.63) is 65.2 Å². The summed E-state index contributed by atoms with van der Waals surface area (Å²) in [5.74, 6) is 0.